The van der Waals surface area contributed by atoms with Gasteiger partial charge in [0.15, 0.2) is 0 Å². The fourth-order valence-electron chi connectivity index (χ4n) is 5.11. The Morgan fingerprint density at radius 2 is 2.19 bits per heavy atom. The maximum atomic E-state index is 13.0. The van der Waals surface area contributed by atoms with Gasteiger partial charge in [-0.15, -0.1) is 0 Å². The topological polar surface area (TPSA) is 50.2 Å². The van der Waals surface area contributed by atoms with Crippen LogP contribution in [-0.2, 0) is 13.0 Å². The van der Waals surface area contributed by atoms with E-state index >= 15 is 0 Å². The Balaban J connectivity index is 1.26. The lowest BCUT2D eigenvalue weighted by Crippen LogP contribution is -2.45. The van der Waals surface area contributed by atoms with E-state index in [0.717, 1.165) is 38.2 Å². The third kappa shape index (κ3) is 2.61. The molecule has 1 saturated heterocycles. The molecule has 136 valence electrons. The number of aryl methyl sites for hydroxylation is 2. The van der Waals surface area contributed by atoms with Crippen molar-refractivity contribution in [2.45, 2.75) is 57.2 Å². The molecule has 1 N–H and O–H groups in total. The first-order valence-electron chi connectivity index (χ1n) is 9.85. The van der Waals surface area contributed by atoms with Gasteiger partial charge in [0.2, 0.25) is 0 Å². The molecule has 3 aliphatic rings. The number of benzene rings is 1. The van der Waals surface area contributed by atoms with E-state index in [1.54, 1.807) is 0 Å². The largest absolute Gasteiger partial charge is 0.334 e. The molecule has 2 aromatic rings. The molecule has 2 heterocycles. The van der Waals surface area contributed by atoms with Gasteiger partial charge in [-0.1, -0.05) is 24.3 Å². The van der Waals surface area contributed by atoms with Crippen molar-refractivity contribution in [3.63, 3.8) is 0 Å². The molecule has 2 fully saturated rings. The third-order valence-corrected chi connectivity index (χ3v) is 6.59. The van der Waals surface area contributed by atoms with Gasteiger partial charge in [0, 0.05) is 37.4 Å². The number of hydrogen-bond acceptors (Lipinski definition) is 2. The highest BCUT2D eigenvalue weighted by Gasteiger charge is 2.54. The van der Waals surface area contributed by atoms with Crippen LogP contribution in [0.15, 0.2) is 36.7 Å². The van der Waals surface area contributed by atoms with Crippen molar-refractivity contribution in [2.24, 2.45) is 5.92 Å². The predicted octanol–water partition coefficient (Wildman–Crippen LogP) is 3.09. The van der Waals surface area contributed by atoms with Crippen LogP contribution >= 0.6 is 0 Å². The smallest absolute Gasteiger partial charge is 0.317 e. The molecule has 0 radical (unpaired) electrons. The minimum Gasteiger partial charge on any atom is -0.334 e. The first-order chi connectivity index (χ1) is 12.7. The Morgan fingerprint density at radius 3 is 3.04 bits per heavy atom. The van der Waals surface area contributed by atoms with E-state index in [4.69, 9.17) is 0 Å². The van der Waals surface area contributed by atoms with E-state index in [2.05, 4.69) is 44.0 Å². The lowest BCUT2D eigenvalue weighted by molar-refractivity contribution is 0.186. The molecule has 2 amide bonds. The van der Waals surface area contributed by atoms with E-state index in [0.29, 0.717) is 17.9 Å². The highest BCUT2D eigenvalue weighted by atomic mass is 16.2. The maximum absolute atomic E-state index is 13.0. The van der Waals surface area contributed by atoms with Gasteiger partial charge in [0.1, 0.15) is 5.82 Å². The van der Waals surface area contributed by atoms with Gasteiger partial charge in [-0.25, -0.2) is 9.78 Å². The number of carbonyl (C=O) groups is 1. The number of imidazole rings is 1. The van der Waals surface area contributed by atoms with Crippen molar-refractivity contribution in [1.82, 2.24) is 19.8 Å². The second kappa shape index (κ2) is 6.15. The summed E-state index contributed by atoms with van der Waals surface area (Å²) in [5.41, 5.74) is 2.93. The summed E-state index contributed by atoms with van der Waals surface area (Å²) in [5.74, 6) is 2.17. The van der Waals surface area contributed by atoms with Crippen LogP contribution in [0.3, 0.4) is 0 Å². The van der Waals surface area contributed by atoms with Gasteiger partial charge in [0.05, 0.1) is 6.04 Å². The molecule has 26 heavy (non-hydrogen) atoms. The Kier molecular flexibility index (Phi) is 3.76. The Morgan fingerprint density at radius 1 is 1.31 bits per heavy atom. The number of likely N-dealkylation sites (tertiary alicyclic amines) is 1. The van der Waals surface area contributed by atoms with E-state index in [1.807, 2.05) is 19.3 Å². The van der Waals surface area contributed by atoms with Crippen molar-refractivity contribution < 1.29 is 4.79 Å². The molecule has 5 nitrogen and oxygen atoms in total. The van der Waals surface area contributed by atoms with Crippen molar-refractivity contribution in [3.05, 3.63) is 53.6 Å². The molecule has 0 bridgehead atoms. The summed E-state index contributed by atoms with van der Waals surface area (Å²) in [6.45, 7) is 3.73. The zero-order valence-corrected chi connectivity index (χ0v) is 15.3. The lowest BCUT2D eigenvalue weighted by atomic mass is 9.92. The van der Waals surface area contributed by atoms with Crippen LogP contribution in [0.5, 0.6) is 0 Å². The number of fused-ring (bicyclic) bond motifs is 3. The van der Waals surface area contributed by atoms with Crippen LogP contribution in [0.25, 0.3) is 0 Å². The SMILES string of the molecule is Cc1nccn1CC1CCCN1C(=O)NC1C2CCc3ccccc3C21. The van der Waals surface area contributed by atoms with Gasteiger partial charge in [0.25, 0.3) is 0 Å². The molecule has 0 spiro atoms. The molecule has 5 rings (SSSR count). The normalized spacial score (nSPS) is 29.2. The molecule has 1 aliphatic heterocycles. The van der Waals surface area contributed by atoms with Crippen LogP contribution in [0.4, 0.5) is 4.79 Å². The zero-order valence-electron chi connectivity index (χ0n) is 15.3. The van der Waals surface area contributed by atoms with Crippen molar-refractivity contribution in [2.75, 3.05) is 6.54 Å². The highest BCUT2D eigenvalue weighted by Crippen LogP contribution is 2.54. The number of aromatic nitrogens is 2. The molecule has 5 heteroatoms. The summed E-state index contributed by atoms with van der Waals surface area (Å²) in [6, 6.07) is 9.47. The maximum Gasteiger partial charge on any atom is 0.317 e. The molecular weight excluding hydrogens is 324 g/mol. The third-order valence-electron chi connectivity index (χ3n) is 6.59. The highest BCUT2D eigenvalue weighted by molar-refractivity contribution is 5.76. The summed E-state index contributed by atoms with van der Waals surface area (Å²) >= 11 is 0. The summed E-state index contributed by atoms with van der Waals surface area (Å²) in [4.78, 5) is 19.3. The Hall–Kier alpha value is -2.30. The lowest BCUT2D eigenvalue weighted by Gasteiger charge is -2.26. The number of nitrogens with one attached hydrogen (secondary N) is 1. The minimum absolute atomic E-state index is 0.127. The molecule has 1 aromatic heterocycles. The van der Waals surface area contributed by atoms with Gasteiger partial charge < -0.3 is 14.8 Å². The molecule has 4 atom stereocenters. The summed E-state index contributed by atoms with van der Waals surface area (Å²) < 4.78 is 2.16. The van der Waals surface area contributed by atoms with Crippen LogP contribution in [0.2, 0.25) is 0 Å². The van der Waals surface area contributed by atoms with Gasteiger partial charge in [-0.2, -0.15) is 0 Å². The minimum atomic E-state index is 0.127. The first-order valence-corrected chi connectivity index (χ1v) is 9.85. The second-order valence-electron chi connectivity index (χ2n) is 8.02. The van der Waals surface area contributed by atoms with Crippen molar-refractivity contribution >= 4 is 6.03 Å². The number of hydrogen-bond donors (Lipinski definition) is 1. The quantitative estimate of drug-likeness (QED) is 0.925. The fourth-order valence-corrected chi connectivity index (χ4v) is 5.11. The summed E-state index contributed by atoms with van der Waals surface area (Å²) in [6.07, 6.45) is 8.36. The standard InChI is InChI=1S/C21H26N4O/c1-14-22-10-12-24(14)13-16-6-4-11-25(16)21(26)23-20-18-9-8-15-5-2-3-7-17(15)19(18)20/h2-3,5,7,10,12,16,18-20H,4,6,8-9,11,13H2,1H3,(H,23,26). The average Bonchev–Trinajstić information content (AvgIpc) is 2.96. The zero-order chi connectivity index (χ0) is 17.7. The van der Waals surface area contributed by atoms with Crippen LogP contribution in [0.1, 0.15) is 42.1 Å². The second-order valence-corrected chi connectivity index (χ2v) is 8.02. The van der Waals surface area contributed by atoms with Crippen molar-refractivity contribution in [1.29, 1.82) is 0 Å². The Labute approximate surface area is 154 Å². The number of carbonyl (C=O) groups excluding carboxylic acids is 1. The van der Waals surface area contributed by atoms with Crippen LogP contribution < -0.4 is 5.32 Å². The monoisotopic (exact) mass is 350 g/mol. The number of nitrogens with zero attached hydrogens (tertiary/aromatic N) is 3. The van der Waals surface area contributed by atoms with Crippen molar-refractivity contribution in [3.8, 4) is 0 Å². The van der Waals surface area contributed by atoms with E-state index < -0.39 is 0 Å². The van der Waals surface area contributed by atoms with Gasteiger partial charge in [-0.3, -0.25) is 0 Å². The molecular formula is C21H26N4O. The average molecular weight is 350 g/mol. The predicted molar refractivity (Wildman–Crippen MR) is 100 cm³/mol. The van der Waals surface area contributed by atoms with Crippen LogP contribution in [0, 0.1) is 12.8 Å². The number of rotatable bonds is 3. The van der Waals surface area contributed by atoms with Crippen LogP contribution in [-0.4, -0.2) is 39.1 Å². The van der Waals surface area contributed by atoms with E-state index in [1.165, 1.54) is 17.5 Å². The van der Waals surface area contributed by atoms with E-state index in [9.17, 15) is 4.79 Å². The summed E-state index contributed by atoms with van der Waals surface area (Å²) in [5, 5.41) is 3.37. The fraction of sp³-hybridized carbons (Fsp3) is 0.524. The van der Waals surface area contributed by atoms with Gasteiger partial charge >= 0.3 is 6.03 Å². The van der Waals surface area contributed by atoms with Gasteiger partial charge in [-0.05, 0) is 49.7 Å². The summed E-state index contributed by atoms with van der Waals surface area (Å²) in [7, 11) is 0. The molecule has 4 unspecified atom stereocenters. The molecule has 1 aromatic carbocycles. The molecule has 1 saturated carbocycles. The number of urea groups is 1. The Bertz CT molecular complexity index is 829. The first kappa shape index (κ1) is 15.9. The van der Waals surface area contributed by atoms with E-state index in [-0.39, 0.29) is 12.1 Å². The number of amides is 2. The molecule has 2 aliphatic carbocycles.